The highest BCUT2D eigenvalue weighted by atomic mass is 16.5. The van der Waals surface area contributed by atoms with Crippen molar-refractivity contribution in [2.24, 2.45) is 5.92 Å². The van der Waals surface area contributed by atoms with Crippen LogP contribution in [0.3, 0.4) is 0 Å². The Kier molecular flexibility index (Phi) is 2.69. The highest BCUT2D eigenvalue weighted by molar-refractivity contribution is 5.72. The minimum absolute atomic E-state index is 0.510. The van der Waals surface area contributed by atoms with Gasteiger partial charge in [0.25, 0.3) is 0 Å². The van der Waals surface area contributed by atoms with Gasteiger partial charge in [-0.05, 0) is 36.9 Å². The van der Waals surface area contributed by atoms with Crippen LogP contribution >= 0.6 is 0 Å². The van der Waals surface area contributed by atoms with Crippen molar-refractivity contribution in [3.05, 3.63) is 42.9 Å². The van der Waals surface area contributed by atoms with Crippen LogP contribution in [0.2, 0.25) is 0 Å². The molecule has 2 aliphatic rings. The van der Waals surface area contributed by atoms with Gasteiger partial charge < -0.3 is 10.1 Å². The van der Waals surface area contributed by atoms with Gasteiger partial charge in [0.2, 0.25) is 0 Å². The molecule has 1 aliphatic carbocycles. The summed E-state index contributed by atoms with van der Waals surface area (Å²) >= 11 is 0. The number of nitrogens with zero attached hydrogens (tertiary/aromatic N) is 1. The molecule has 0 spiro atoms. The molecule has 1 aliphatic heterocycles. The predicted octanol–water partition coefficient (Wildman–Crippen LogP) is 2.37. The van der Waals surface area contributed by atoms with E-state index in [2.05, 4.69) is 23.0 Å². The Bertz CT molecular complexity index is 467. The summed E-state index contributed by atoms with van der Waals surface area (Å²) in [7, 11) is 0. The molecule has 1 N–H and O–H groups in total. The summed E-state index contributed by atoms with van der Waals surface area (Å²) in [5.74, 6) is 1.52. The summed E-state index contributed by atoms with van der Waals surface area (Å²) in [4.78, 5) is 4.22. The molecule has 1 fully saturated rings. The smallest absolute Gasteiger partial charge is 0.145 e. The molecule has 2 heterocycles. The van der Waals surface area contributed by atoms with Crippen molar-refractivity contribution in [3.8, 4) is 5.75 Å². The van der Waals surface area contributed by atoms with E-state index in [9.17, 15) is 0 Å². The molecule has 0 saturated carbocycles. The maximum absolute atomic E-state index is 5.27. The Labute approximate surface area is 101 Å². The van der Waals surface area contributed by atoms with Crippen LogP contribution in [0.5, 0.6) is 5.75 Å². The fraction of sp³-hybridized carbons (Fsp3) is 0.357. The molecule has 2 atom stereocenters. The summed E-state index contributed by atoms with van der Waals surface area (Å²) in [5.41, 5.74) is 2.53. The molecular weight excluding hydrogens is 212 g/mol. The van der Waals surface area contributed by atoms with Gasteiger partial charge in [-0.15, -0.1) is 0 Å². The van der Waals surface area contributed by atoms with Crippen LogP contribution in [0.1, 0.15) is 18.4 Å². The van der Waals surface area contributed by atoms with Crippen LogP contribution < -0.4 is 10.1 Å². The summed E-state index contributed by atoms with van der Waals surface area (Å²) in [6, 6.07) is 2.54. The first kappa shape index (κ1) is 10.5. The van der Waals surface area contributed by atoms with E-state index in [1.54, 1.807) is 6.20 Å². The van der Waals surface area contributed by atoms with Gasteiger partial charge in [-0.3, -0.25) is 4.98 Å². The first-order chi connectivity index (χ1) is 8.38. The fourth-order valence-corrected chi connectivity index (χ4v) is 2.82. The van der Waals surface area contributed by atoms with E-state index >= 15 is 0 Å². The summed E-state index contributed by atoms with van der Waals surface area (Å²) in [6.07, 6.45) is 9.83. The molecule has 0 radical (unpaired) electrons. The second-order valence-electron chi connectivity index (χ2n) is 4.57. The molecule has 3 rings (SSSR count). The Hall–Kier alpha value is -1.61. The number of pyridine rings is 1. The number of ether oxygens (including phenoxy) is 1. The third-order valence-electron chi connectivity index (χ3n) is 3.59. The van der Waals surface area contributed by atoms with E-state index in [-0.39, 0.29) is 0 Å². The topological polar surface area (TPSA) is 34.1 Å². The molecule has 0 unspecified atom stereocenters. The van der Waals surface area contributed by atoms with Gasteiger partial charge >= 0.3 is 0 Å². The van der Waals surface area contributed by atoms with Crippen LogP contribution in [-0.2, 0) is 0 Å². The van der Waals surface area contributed by atoms with E-state index in [0.717, 1.165) is 23.8 Å². The second kappa shape index (κ2) is 4.34. The number of aromatic nitrogens is 1. The molecule has 0 bridgehead atoms. The highest BCUT2D eigenvalue weighted by Crippen LogP contribution is 2.37. The van der Waals surface area contributed by atoms with E-state index in [1.807, 2.05) is 12.3 Å². The first-order valence-corrected chi connectivity index (χ1v) is 6.05. The van der Waals surface area contributed by atoms with E-state index in [4.69, 9.17) is 4.74 Å². The zero-order valence-corrected chi connectivity index (χ0v) is 9.73. The zero-order chi connectivity index (χ0) is 11.7. The highest BCUT2D eigenvalue weighted by Gasteiger charge is 2.33. The van der Waals surface area contributed by atoms with Crippen molar-refractivity contribution in [1.29, 1.82) is 0 Å². The summed E-state index contributed by atoms with van der Waals surface area (Å²) in [6.45, 7) is 4.69. The number of fused-ring (bicyclic) bond motifs is 1. The maximum Gasteiger partial charge on any atom is 0.145 e. The molecule has 0 aromatic carbocycles. The third-order valence-corrected chi connectivity index (χ3v) is 3.59. The van der Waals surface area contributed by atoms with Crippen molar-refractivity contribution in [1.82, 2.24) is 10.3 Å². The third kappa shape index (κ3) is 1.87. The van der Waals surface area contributed by atoms with E-state index < -0.39 is 0 Å². The van der Waals surface area contributed by atoms with Crippen molar-refractivity contribution in [2.45, 2.75) is 18.9 Å². The monoisotopic (exact) mass is 228 g/mol. The maximum atomic E-state index is 5.27. The molecule has 0 amide bonds. The van der Waals surface area contributed by atoms with Gasteiger partial charge in [-0.25, -0.2) is 0 Å². The summed E-state index contributed by atoms with van der Waals surface area (Å²) in [5, 5.41) is 3.56. The zero-order valence-electron chi connectivity index (χ0n) is 9.73. The molecule has 17 heavy (non-hydrogen) atoms. The Morgan fingerprint density at radius 3 is 3.29 bits per heavy atom. The van der Waals surface area contributed by atoms with Crippen molar-refractivity contribution in [3.63, 3.8) is 0 Å². The largest absolute Gasteiger partial charge is 0.464 e. The molecular formula is C14H16N2O. The molecule has 1 saturated heterocycles. The number of hydrogen-bond acceptors (Lipinski definition) is 3. The van der Waals surface area contributed by atoms with Gasteiger partial charge in [0.15, 0.2) is 0 Å². The van der Waals surface area contributed by atoms with Crippen LogP contribution in [0.25, 0.3) is 5.57 Å². The van der Waals surface area contributed by atoms with Crippen molar-refractivity contribution < 1.29 is 4.74 Å². The SMILES string of the molecule is C=COc1cncc(C2=CC[C@H]3CCN[C@@H]23)c1. The minimum Gasteiger partial charge on any atom is -0.464 e. The molecule has 3 heteroatoms. The van der Waals surface area contributed by atoms with Crippen LogP contribution in [0.4, 0.5) is 0 Å². The van der Waals surface area contributed by atoms with Gasteiger partial charge in [-0.2, -0.15) is 0 Å². The van der Waals surface area contributed by atoms with Gasteiger partial charge in [0, 0.05) is 17.8 Å². The lowest BCUT2D eigenvalue weighted by Gasteiger charge is -2.15. The quantitative estimate of drug-likeness (QED) is 0.806. The van der Waals surface area contributed by atoms with Crippen LogP contribution in [-0.4, -0.2) is 17.6 Å². The molecule has 88 valence electrons. The Balaban J connectivity index is 1.88. The lowest BCUT2D eigenvalue weighted by molar-refractivity contribution is 0.480. The number of nitrogens with one attached hydrogen (secondary N) is 1. The van der Waals surface area contributed by atoms with Crippen molar-refractivity contribution >= 4 is 5.57 Å². The molecule has 1 aromatic heterocycles. The molecule has 3 nitrogen and oxygen atoms in total. The Morgan fingerprint density at radius 2 is 2.41 bits per heavy atom. The lowest BCUT2D eigenvalue weighted by Crippen LogP contribution is -2.24. The number of hydrogen-bond donors (Lipinski definition) is 1. The van der Waals surface area contributed by atoms with Gasteiger partial charge in [-0.1, -0.05) is 12.7 Å². The standard InChI is InChI=1S/C14H16N2O/c1-2-17-12-7-11(8-15-9-12)13-4-3-10-5-6-16-14(10)13/h2,4,7-10,14,16H,1,3,5-6H2/t10-,14+/m0/s1. The normalized spacial score (nSPS) is 26.5. The second-order valence-corrected chi connectivity index (χ2v) is 4.57. The number of allylic oxidation sites excluding steroid dienone is 1. The average Bonchev–Trinajstić information content (AvgIpc) is 2.91. The summed E-state index contributed by atoms with van der Waals surface area (Å²) < 4.78 is 5.27. The van der Waals surface area contributed by atoms with E-state index in [0.29, 0.717) is 6.04 Å². The minimum atomic E-state index is 0.510. The Morgan fingerprint density at radius 1 is 1.47 bits per heavy atom. The van der Waals surface area contributed by atoms with Crippen LogP contribution in [0, 0.1) is 5.92 Å². The van der Waals surface area contributed by atoms with Gasteiger partial charge in [0.05, 0.1) is 12.5 Å². The predicted molar refractivity (Wildman–Crippen MR) is 67.6 cm³/mol. The first-order valence-electron chi connectivity index (χ1n) is 6.05. The van der Waals surface area contributed by atoms with Crippen molar-refractivity contribution in [2.75, 3.05) is 6.54 Å². The average molecular weight is 228 g/mol. The number of rotatable bonds is 3. The van der Waals surface area contributed by atoms with E-state index in [1.165, 1.54) is 24.7 Å². The van der Waals surface area contributed by atoms with Crippen LogP contribution in [0.15, 0.2) is 37.4 Å². The van der Waals surface area contributed by atoms with Gasteiger partial charge in [0.1, 0.15) is 5.75 Å². The lowest BCUT2D eigenvalue weighted by atomic mass is 9.97. The molecule has 1 aromatic rings. The fourth-order valence-electron chi connectivity index (χ4n) is 2.82.